The van der Waals surface area contributed by atoms with Gasteiger partial charge in [-0.2, -0.15) is 19.3 Å². The number of sulfonamides is 1. The largest absolute Gasteiger partial charge is 0.369 e. The maximum absolute atomic E-state index is 13.0. The molecule has 15 rings (SSSR count). The van der Waals surface area contributed by atoms with Crippen molar-refractivity contribution < 1.29 is 27.6 Å². The second kappa shape index (κ2) is 31.1. The average Bonchev–Trinajstić information content (AvgIpc) is 1.63. The Bertz CT molecular complexity index is 5040. The lowest BCUT2D eigenvalue weighted by Gasteiger charge is -2.36. The number of anilines is 18. The van der Waals surface area contributed by atoms with E-state index in [1.54, 1.807) is 56.5 Å². The smallest absolute Gasteiger partial charge is 0.279 e. The summed E-state index contributed by atoms with van der Waals surface area (Å²) in [5.41, 5.74) is 12.5. The molecule has 6 aliphatic heterocycles. The van der Waals surface area contributed by atoms with Gasteiger partial charge in [-0.15, -0.1) is 34.0 Å². The number of thiazole rings is 3. The van der Waals surface area contributed by atoms with Crippen molar-refractivity contribution in [1.29, 1.82) is 0 Å². The number of nitrogens with one attached hydrogen (secondary N) is 3. The molecular formula is C73H91N25O6S4. The lowest BCUT2D eigenvalue weighted by molar-refractivity contribution is -0.129. The Balaban J connectivity index is 0.000000143. The Labute approximate surface area is 641 Å². The highest BCUT2D eigenvalue weighted by Gasteiger charge is 2.36. The first kappa shape index (κ1) is 75.9. The van der Waals surface area contributed by atoms with Crippen LogP contribution in [-0.2, 0) is 14.8 Å². The standard InChI is InChI=1S/C26H35N9OS.C24H28N8O2S.C23H28N8O3S2/c1-17-15-19(35-13-11-34(12-14-35)10-9-31(3)4)7-8-20(17)29-26-27-16-21-23(30-26)33(6)25-22(24(36)32(21)5)28-18(2)37-25;1-14-12-17(32-10-8-31(9-11-32)16(3)33)6-7-18(14)27-24-25-13-19-21(28-24)30(5)23-20(22(34)29(19)4)26-15(2)35-23;1-14-12-16(30-8-10-31(11-9-30)36(5,33)34)6-7-17(14)26-23-24-13-18-20(27-23)29(4)22-19(21(32)28(18)3)25-15(2)35-22/h7-8,15-16H,9-14H2,1-6H3,(H,27,29,30);6-7,12-13H,8-11H2,1-5H3,(H,25,27,28);6-7,12-13H,8-11H2,1-5H3,(H,24,26,27). The van der Waals surface area contributed by atoms with E-state index in [-0.39, 0.29) is 23.6 Å². The molecule has 0 aliphatic carbocycles. The van der Waals surface area contributed by atoms with Crippen LogP contribution in [0.5, 0.6) is 0 Å². The van der Waals surface area contributed by atoms with E-state index in [0.29, 0.717) is 95.6 Å². The van der Waals surface area contributed by atoms with E-state index in [1.165, 1.54) is 55.2 Å². The van der Waals surface area contributed by atoms with E-state index in [4.69, 9.17) is 15.0 Å². The molecular weight excluding hydrogens is 1450 g/mol. The number of aryl methyl sites for hydroxylation is 6. The summed E-state index contributed by atoms with van der Waals surface area (Å²) in [4.78, 5) is 116. The van der Waals surface area contributed by atoms with E-state index in [9.17, 15) is 27.6 Å². The Morgan fingerprint density at radius 1 is 0.454 bits per heavy atom. The second-order valence-corrected chi connectivity index (χ2v) is 33.3. The molecule has 6 aromatic heterocycles. The fourth-order valence-corrected chi connectivity index (χ4v) is 17.1. The van der Waals surface area contributed by atoms with E-state index in [2.05, 4.69) is 128 Å². The molecule has 31 nitrogen and oxygen atoms in total. The quantitative estimate of drug-likeness (QED) is 0.0968. The molecule has 3 N–H and O–H groups in total. The number of aromatic nitrogens is 9. The third-order valence-electron chi connectivity index (χ3n) is 20.0. The summed E-state index contributed by atoms with van der Waals surface area (Å²) in [6.07, 6.45) is 6.26. The van der Waals surface area contributed by atoms with Crippen molar-refractivity contribution >= 4 is 169 Å². The second-order valence-electron chi connectivity index (χ2n) is 27.8. The number of piperazine rings is 3. The van der Waals surface area contributed by atoms with Gasteiger partial charge in [0.1, 0.15) is 32.1 Å². The zero-order valence-electron chi connectivity index (χ0n) is 63.7. The highest BCUT2D eigenvalue weighted by Crippen LogP contribution is 2.45. The number of carbonyl (C=O) groups excluding carboxylic acids is 4. The first-order valence-electron chi connectivity index (χ1n) is 35.5. The van der Waals surface area contributed by atoms with E-state index >= 15 is 0 Å². The predicted octanol–water partition coefficient (Wildman–Crippen LogP) is 9.39. The predicted molar refractivity (Wildman–Crippen MR) is 433 cm³/mol. The summed E-state index contributed by atoms with van der Waals surface area (Å²) in [5, 5.41) is 14.8. The SMILES string of the molecule is CC(=O)N1CCN(c2ccc(Nc3ncc4c(n3)N(C)c3sc(C)nc3C(=O)N4C)c(C)c2)CC1.Cc1nc2c(s1)N(C)c1nc(Nc3ccc(N4CCN(CCN(C)C)CC4)cc3C)ncc1N(C)C2=O.Cc1nc2c(s1)N(C)c1nc(Nc3ccc(N4CCN(S(C)(=O)=O)CC4)cc3C)ncc1N(C)C2=O. The van der Waals surface area contributed by atoms with Gasteiger partial charge in [-0.1, -0.05) is 0 Å². The number of fused-ring (bicyclic) bond motifs is 6. The number of carbonyl (C=O) groups is 4. The minimum Gasteiger partial charge on any atom is -0.369 e. The molecule has 0 bridgehead atoms. The van der Waals surface area contributed by atoms with Gasteiger partial charge in [-0.3, -0.25) is 24.1 Å². The van der Waals surface area contributed by atoms with E-state index in [0.717, 1.165) is 141 Å². The van der Waals surface area contributed by atoms with Crippen molar-refractivity contribution in [2.24, 2.45) is 0 Å². The van der Waals surface area contributed by atoms with Gasteiger partial charge < -0.3 is 69.8 Å². The first-order chi connectivity index (χ1) is 51.5. The topological polar surface area (TPSA) is 297 Å². The Kier molecular flexibility index (Phi) is 21.9. The molecule has 568 valence electrons. The lowest BCUT2D eigenvalue weighted by Crippen LogP contribution is -2.48. The van der Waals surface area contributed by atoms with Crippen molar-refractivity contribution in [2.45, 2.75) is 48.5 Å². The lowest BCUT2D eigenvalue weighted by atomic mass is 10.1. The summed E-state index contributed by atoms with van der Waals surface area (Å²) in [7, 11) is 11.9. The van der Waals surface area contributed by atoms with Crippen LogP contribution in [0.2, 0.25) is 0 Å². The summed E-state index contributed by atoms with van der Waals surface area (Å²) in [6.45, 7) is 25.3. The molecule has 9 aromatic rings. The zero-order valence-corrected chi connectivity index (χ0v) is 67.0. The summed E-state index contributed by atoms with van der Waals surface area (Å²) in [5.74, 6) is 2.89. The third-order valence-corrected chi connectivity index (χ3v) is 24.4. The number of hydrogen-bond acceptors (Lipinski definition) is 29. The molecule has 3 saturated heterocycles. The number of benzene rings is 3. The maximum atomic E-state index is 13.0. The Morgan fingerprint density at radius 2 is 0.769 bits per heavy atom. The highest BCUT2D eigenvalue weighted by molar-refractivity contribution is 7.88. The maximum Gasteiger partial charge on any atom is 0.279 e. The molecule has 3 aromatic carbocycles. The molecule has 12 heterocycles. The molecule has 0 saturated carbocycles. The van der Waals surface area contributed by atoms with Gasteiger partial charge in [-0.05, 0) is 127 Å². The van der Waals surface area contributed by atoms with E-state index < -0.39 is 10.0 Å². The molecule has 6 aliphatic rings. The van der Waals surface area contributed by atoms with Gasteiger partial charge in [0, 0.05) is 175 Å². The van der Waals surface area contributed by atoms with Gasteiger partial charge >= 0.3 is 0 Å². The van der Waals surface area contributed by atoms with Crippen molar-refractivity contribution in [3.05, 3.63) is 122 Å². The number of rotatable bonds is 13. The normalized spacial score (nSPS) is 16.1. The molecule has 3 fully saturated rings. The molecule has 108 heavy (non-hydrogen) atoms. The molecule has 35 heteroatoms. The first-order valence-corrected chi connectivity index (χ1v) is 39.8. The van der Waals surface area contributed by atoms with Crippen LogP contribution in [0, 0.1) is 41.5 Å². The van der Waals surface area contributed by atoms with Crippen molar-refractivity contribution in [3.8, 4) is 0 Å². The van der Waals surface area contributed by atoms with Gasteiger partial charge in [-0.25, -0.2) is 38.3 Å². The molecule has 0 radical (unpaired) electrons. The molecule has 4 amide bonds. The van der Waals surface area contributed by atoms with E-state index in [1.807, 2.05) is 93.6 Å². The van der Waals surface area contributed by atoms with Crippen molar-refractivity contribution in [1.82, 2.24) is 63.9 Å². The van der Waals surface area contributed by atoms with Crippen LogP contribution in [0.25, 0.3) is 0 Å². The fourth-order valence-electron chi connectivity index (χ4n) is 13.6. The molecule has 0 unspecified atom stereocenters. The van der Waals surface area contributed by atoms with Crippen LogP contribution in [0.1, 0.15) is 70.1 Å². The summed E-state index contributed by atoms with van der Waals surface area (Å²) in [6, 6.07) is 18.8. The van der Waals surface area contributed by atoms with Crippen molar-refractivity contribution in [2.75, 3.05) is 214 Å². The third kappa shape index (κ3) is 15.8. The van der Waals surface area contributed by atoms with Crippen LogP contribution in [0.15, 0.2) is 73.2 Å². The van der Waals surface area contributed by atoms with Crippen LogP contribution in [-0.4, -0.2) is 250 Å². The van der Waals surface area contributed by atoms with Gasteiger partial charge in [0.05, 0.1) is 39.9 Å². The highest BCUT2D eigenvalue weighted by atomic mass is 32.2. The monoisotopic (exact) mass is 1540 g/mol. The number of amides is 4. The molecule has 0 atom stereocenters. The zero-order chi connectivity index (χ0) is 76.9. The fraction of sp³-hybridized carbons (Fsp3) is 0.411. The van der Waals surface area contributed by atoms with Crippen LogP contribution in [0.4, 0.5) is 101 Å². The minimum atomic E-state index is -3.16. The Hall–Kier alpha value is -10.3. The average molecular weight is 1540 g/mol. The van der Waals surface area contributed by atoms with Gasteiger partial charge in [0.2, 0.25) is 33.8 Å². The van der Waals surface area contributed by atoms with Gasteiger partial charge in [0.15, 0.2) is 34.5 Å². The number of likely N-dealkylation sites (N-methyl/N-ethyl adjacent to an activating group) is 1. The summed E-state index contributed by atoms with van der Waals surface area (Å²) < 4.78 is 25.1. The van der Waals surface area contributed by atoms with Crippen LogP contribution in [0.3, 0.4) is 0 Å². The summed E-state index contributed by atoms with van der Waals surface area (Å²) >= 11 is 4.41. The molecule has 0 spiro atoms. The van der Waals surface area contributed by atoms with Crippen molar-refractivity contribution in [3.63, 3.8) is 0 Å². The van der Waals surface area contributed by atoms with Crippen LogP contribution < -0.4 is 60.0 Å². The van der Waals surface area contributed by atoms with Crippen LogP contribution >= 0.6 is 34.0 Å². The number of nitrogens with zero attached hydrogens (tertiary/aromatic N) is 22. The number of hydrogen-bond donors (Lipinski definition) is 3. The Morgan fingerprint density at radius 3 is 1.06 bits per heavy atom. The van der Waals surface area contributed by atoms with Gasteiger partial charge in [0.25, 0.3) is 17.7 Å². The minimum absolute atomic E-state index is 0.129.